The molecule has 1 amide bonds. The fourth-order valence-electron chi connectivity index (χ4n) is 3.07. The molecule has 0 fully saturated rings. The van der Waals surface area contributed by atoms with Gasteiger partial charge in [0.2, 0.25) is 0 Å². The lowest BCUT2D eigenvalue weighted by atomic mass is 10.1. The zero-order valence-corrected chi connectivity index (χ0v) is 16.1. The van der Waals surface area contributed by atoms with Crippen molar-refractivity contribution in [1.29, 1.82) is 0 Å². The molecular formula is C22H22FNO4. The third-order valence-electron chi connectivity index (χ3n) is 4.49. The van der Waals surface area contributed by atoms with Crippen molar-refractivity contribution in [2.24, 2.45) is 0 Å². The van der Waals surface area contributed by atoms with Crippen molar-refractivity contribution >= 4 is 22.8 Å². The van der Waals surface area contributed by atoms with Crippen LogP contribution in [0.2, 0.25) is 0 Å². The molecule has 0 saturated carbocycles. The topological polar surface area (TPSA) is 59.8 Å². The predicted molar refractivity (Wildman–Crippen MR) is 103 cm³/mol. The summed E-state index contributed by atoms with van der Waals surface area (Å²) in [6.07, 6.45) is 0.612. The van der Waals surface area contributed by atoms with Crippen LogP contribution in [-0.2, 0) is 27.3 Å². The van der Waals surface area contributed by atoms with E-state index in [-0.39, 0.29) is 24.7 Å². The Labute approximate surface area is 162 Å². The summed E-state index contributed by atoms with van der Waals surface area (Å²) in [5.74, 6) is -1.23. The minimum Gasteiger partial charge on any atom is -0.464 e. The lowest BCUT2D eigenvalue weighted by Gasteiger charge is -2.21. The molecule has 0 aliphatic rings. The predicted octanol–water partition coefficient (Wildman–Crippen LogP) is 4.01. The highest BCUT2D eigenvalue weighted by molar-refractivity contribution is 5.88. The van der Waals surface area contributed by atoms with Crippen LogP contribution in [0.3, 0.4) is 0 Å². The van der Waals surface area contributed by atoms with Gasteiger partial charge in [-0.3, -0.25) is 9.59 Å². The van der Waals surface area contributed by atoms with Crippen LogP contribution in [0, 0.1) is 12.7 Å². The average Bonchev–Trinajstić information content (AvgIpc) is 3.02. The van der Waals surface area contributed by atoms with Crippen LogP contribution in [0.5, 0.6) is 0 Å². The van der Waals surface area contributed by atoms with Crippen molar-refractivity contribution in [3.8, 4) is 0 Å². The monoisotopic (exact) mass is 383 g/mol. The molecule has 3 aromatic rings. The number of fused-ring (bicyclic) bond motifs is 1. The van der Waals surface area contributed by atoms with Crippen LogP contribution in [0.4, 0.5) is 4.39 Å². The average molecular weight is 383 g/mol. The Hall–Kier alpha value is -3.15. The molecule has 1 aromatic heterocycles. The number of ether oxygens (including phenoxy) is 1. The molecule has 1 heterocycles. The third-order valence-corrected chi connectivity index (χ3v) is 4.49. The Bertz CT molecular complexity index is 1010. The van der Waals surface area contributed by atoms with Gasteiger partial charge in [0, 0.05) is 24.5 Å². The van der Waals surface area contributed by atoms with E-state index in [9.17, 15) is 14.0 Å². The molecule has 0 aliphatic heterocycles. The normalized spacial score (nSPS) is 12.0. The maximum absolute atomic E-state index is 13.3. The van der Waals surface area contributed by atoms with Gasteiger partial charge in [-0.25, -0.2) is 4.39 Å². The Morgan fingerprint density at radius 1 is 1.21 bits per heavy atom. The summed E-state index contributed by atoms with van der Waals surface area (Å²) in [6, 6.07) is 11.8. The smallest absolute Gasteiger partial charge is 0.311 e. The van der Waals surface area contributed by atoms with Crippen LogP contribution in [0.15, 0.2) is 53.1 Å². The number of amides is 1. The number of esters is 1. The van der Waals surface area contributed by atoms with Gasteiger partial charge in [0.05, 0.1) is 12.7 Å². The van der Waals surface area contributed by atoms with E-state index in [0.29, 0.717) is 16.7 Å². The SMILES string of the molecule is Cc1ccc2c(CC(=O)O[C@@H](C)C(=O)N(C)Cc3cccc(F)c3)coc2c1. The molecule has 146 valence electrons. The first kappa shape index (κ1) is 19.6. The van der Waals surface area contributed by atoms with Crippen LogP contribution < -0.4 is 0 Å². The summed E-state index contributed by atoms with van der Waals surface area (Å²) < 4.78 is 24.1. The van der Waals surface area contributed by atoms with Crippen LogP contribution in [0.25, 0.3) is 11.0 Å². The van der Waals surface area contributed by atoms with E-state index in [1.807, 2.05) is 25.1 Å². The number of carbonyl (C=O) groups excluding carboxylic acids is 2. The Morgan fingerprint density at radius 3 is 2.75 bits per heavy atom. The second-order valence-electron chi connectivity index (χ2n) is 6.89. The number of carbonyl (C=O) groups is 2. The van der Waals surface area contributed by atoms with Gasteiger partial charge in [0.25, 0.3) is 5.91 Å². The molecule has 0 N–H and O–H groups in total. The molecule has 5 nitrogen and oxygen atoms in total. The van der Waals surface area contributed by atoms with Crippen LogP contribution in [0.1, 0.15) is 23.6 Å². The van der Waals surface area contributed by atoms with E-state index < -0.39 is 12.1 Å². The number of halogens is 1. The lowest BCUT2D eigenvalue weighted by Crippen LogP contribution is -2.37. The number of likely N-dealkylation sites (N-methyl/N-ethyl adjacent to an activating group) is 1. The first-order chi connectivity index (χ1) is 13.3. The number of aryl methyl sites for hydroxylation is 1. The second-order valence-corrected chi connectivity index (χ2v) is 6.89. The lowest BCUT2D eigenvalue weighted by molar-refractivity contribution is -0.158. The van der Waals surface area contributed by atoms with Crippen molar-refractivity contribution in [2.75, 3.05) is 7.05 Å². The number of furan rings is 1. The number of benzene rings is 2. The summed E-state index contributed by atoms with van der Waals surface area (Å²) >= 11 is 0. The zero-order valence-electron chi connectivity index (χ0n) is 16.1. The van der Waals surface area contributed by atoms with Crippen molar-refractivity contribution in [1.82, 2.24) is 4.90 Å². The molecule has 0 bridgehead atoms. The van der Waals surface area contributed by atoms with E-state index >= 15 is 0 Å². The third kappa shape index (κ3) is 4.57. The van der Waals surface area contributed by atoms with Gasteiger partial charge < -0.3 is 14.1 Å². The highest BCUT2D eigenvalue weighted by atomic mass is 19.1. The maximum Gasteiger partial charge on any atom is 0.311 e. The quantitative estimate of drug-likeness (QED) is 0.604. The number of nitrogens with zero attached hydrogens (tertiary/aromatic N) is 1. The highest BCUT2D eigenvalue weighted by Gasteiger charge is 2.22. The van der Waals surface area contributed by atoms with Gasteiger partial charge in [-0.05, 0) is 43.2 Å². The largest absolute Gasteiger partial charge is 0.464 e. The molecule has 6 heteroatoms. The van der Waals surface area contributed by atoms with Crippen LogP contribution in [-0.4, -0.2) is 29.9 Å². The summed E-state index contributed by atoms with van der Waals surface area (Å²) in [6.45, 7) is 3.72. The first-order valence-electron chi connectivity index (χ1n) is 8.99. The molecule has 0 radical (unpaired) electrons. The van der Waals surface area contributed by atoms with Gasteiger partial charge in [0.15, 0.2) is 6.10 Å². The summed E-state index contributed by atoms with van der Waals surface area (Å²) in [5.41, 5.74) is 3.15. The number of hydrogen-bond acceptors (Lipinski definition) is 4. The highest BCUT2D eigenvalue weighted by Crippen LogP contribution is 2.23. The van der Waals surface area contributed by atoms with Crippen molar-refractivity contribution in [2.45, 2.75) is 32.9 Å². The number of hydrogen-bond donors (Lipinski definition) is 0. The summed E-state index contributed by atoms with van der Waals surface area (Å²) in [7, 11) is 1.59. The van der Waals surface area contributed by atoms with Gasteiger partial charge in [-0.15, -0.1) is 0 Å². The van der Waals surface area contributed by atoms with Crippen LogP contribution >= 0.6 is 0 Å². The van der Waals surface area contributed by atoms with Gasteiger partial charge in [-0.1, -0.05) is 24.3 Å². The van der Waals surface area contributed by atoms with Crippen molar-refractivity contribution in [3.63, 3.8) is 0 Å². The van der Waals surface area contributed by atoms with Gasteiger partial charge in [-0.2, -0.15) is 0 Å². The Morgan fingerprint density at radius 2 is 2.00 bits per heavy atom. The molecule has 0 aliphatic carbocycles. The van der Waals surface area contributed by atoms with E-state index in [2.05, 4.69) is 0 Å². The standard InChI is InChI=1S/C22H22FNO4/c1-14-7-8-19-17(13-27-20(19)9-14)11-21(25)28-15(2)22(26)24(3)12-16-5-4-6-18(23)10-16/h4-10,13,15H,11-12H2,1-3H3/t15-/m0/s1. The molecule has 3 rings (SSSR count). The Balaban J connectivity index is 1.58. The molecule has 1 atom stereocenters. The van der Waals surface area contributed by atoms with E-state index in [1.165, 1.54) is 30.2 Å². The summed E-state index contributed by atoms with van der Waals surface area (Å²) in [5, 5.41) is 0.852. The minimum absolute atomic E-state index is 0.0152. The molecule has 0 spiro atoms. The van der Waals surface area contributed by atoms with Crippen molar-refractivity contribution < 1.29 is 23.1 Å². The zero-order chi connectivity index (χ0) is 20.3. The fourth-order valence-corrected chi connectivity index (χ4v) is 3.07. The number of rotatable bonds is 6. The van der Waals surface area contributed by atoms with Gasteiger partial charge >= 0.3 is 5.97 Å². The minimum atomic E-state index is -0.938. The second kappa shape index (κ2) is 8.25. The fraction of sp³-hybridized carbons (Fsp3) is 0.273. The van der Waals surface area contributed by atoms with Gasteiger partial charge in [0.1, 0.15) is 11.4 Å². The molecule has 2 aromatic carbocycles. The molecule has 0 saturated heterocycles. The Kier molecular flexibility index (Phi) is 5.78. The molecular weight excluding hydrogens is 361 g/mol. The molecule has 28 heavy (non-hydrogen) atoms. The maximum atomic E-state index is 13.3. The van der Waals surface area contributed by atoms with E-state index in [4.69, 9.17) is 9.15 Å². The van der Waals surface area contributed by atoms with E-state index in [1.54, 1.807) is 19.2 Å². The van der Waals surface area contributed by atoms with E-state index in [0.717, 1.165) is 10.9 Å². The van der Waals surface area contributed by atoms with Crippen molar-refractivity contribution in [3.05, 3.63) is 71.2 Å². The summed E-state index contributed by atoms with van der Waals surface area (Å²) in [4.78, 5) is 26.1. The first-order valence-corrected chi connectivity index (χ1v) is 8.99. The molecule has 0 unspecified atom stereocenters.